The number of aliphatic hydroxyl groups excluding tert-OH is 1. The Labute approximate surface area is 127 Å². The first-order valence-corrected chi connectivity index (χ1v) is 7.21. The van der Waals surface area contributed by atoms with E-state index in [9.17, 15) is 13.6 Å². The van der Waals surface area contributed by atoms with Crippen molar-refractivity contribution in [3.8, 4) is 5.75 Å². The number of carbonyl (C=O) groups is 1. The molecule has 2 amide bonds. The largest absolute Gasteiger partial charge is 0.487 e. The summed E-state index contributed by atoms with van der Waals surface area (Å²) in [6.45, 7) is 1.24. The van der Waals surface area contributed by atoms with Crippen LogP contribution in [0.3, 0.4) is 0 Å². The average Bonchev–Trinajstić information content (AvgIpc) is 3.29. The number of urea groups is 1. The van der Waals surface area contributed by atoms with E-state index in [2.05, 4.69) is 5.32 Å². The minimum absolute atomic E-state index is 0.0967. The number of halogens is 2. The van der Waals surface area contributed by atoms with Crippen LogP contribution in [-0.4, -0.2) is 48.3 Å². The fourth-order valence-electron chi connectivity index (χ4n) is 2.13. The topological polar surface area (TPSA) is 61.8 Å². The van der Waals surface area contributed by atoms with Gasteiger partial charge in [0, 0.05) is 24.3 Å². The molecule has 7 heteroatoms. The second kappa shape index (κ2) is 7.40. The number of nitrogens with zero attached hydrogens (tertiary/aromatic N) is 1. The summed E-state index contributed by atoms with van der Waals surface area (Å²) in [6.07, 6.45) is -0.679. The Morgan fingerprint density at radius 3 is 2.82 bits per heavy atom. The SMILES string of the molecule is Cc1ccc(NC(=O)N(CCO)C2CC2)cc1OCC(F)F. The molecule has 0 radical (unpaired) electrons. The van der Waals surface area contributed by atoms with E-state index in [1.165, 1.54) is 6.07 Å². The predicted molar refractivity (Wildman–Crippen MR) is 78.5 cm³/mol. The van der Waals surface area contributed by atoms with Gasteiger partial charge in [0.15, 0.2) is 0 Å². The number of benzene rings is 1. The molecule has 0 spiro atoms. The molecule has 0 unspecified atom stereocenters. The molecule has 122 valence electrons. The van der Waals surface area contributed by atoms with E-state index < -0.39 is 13.0 Å². The van der Waals surface area contributed by atoms with Gasteiger partial charge in [0.1, 0.15) is 12.4 Å². The van der Waals surface area contributed by atoms with Gasteiger partial charge in [-0.3, -0.25) is 0 Å². The zero-order valence-electron chi connectivity index (χ0n) is 12.4. The van der Waals surface area contributed by atoms with Crippen LogP contribution in [0, 0.1) is 6.92 Å². The fourth-order valence-corrected chi connectivity index (χ4v) is 2.13. The highest BCUT2D eigenvalue weighted by Gasteiger charge is 2.32. The fraction of sp³-hybridized carbons (Fsp3) is 0.533. The second-order valence-corrected chi connectivity index (χ2v) is 5.26. The summed E-state index contributed by atoms with van der Waals surface area (Å²) in [6, 6.07) is 4.78. The third-order valence-electron chi connectivity index (χ3n) is 3.39. The van der Waals surface area contributed by atoms with Crippen LogP contribution in [0.15, 0.2) is 18.2 Å². The number of hydrogen-bond donors (Lipinski definition) is 2. The molecule has 1 saturated carbocycles. The lowest BCUT2D eigenvalue weighted by Crippen LogP contribution is -2.38. The monoisotopic (exact) mass is 314 g/mol. The van der Waals surface area contributed by atoms with Crippen LogP contribution in [0.2, 0.25) is 0 Å². The average molecular weight is 314 g/mol. The Bertz CT molecular complexity index is 522. The van der Waals surface area contributed by atoms with Crippen LogP contribution < -0.4 is 10.1 Å². The van der Waals surface area contributed by atoms with Gasteiger partial charge in [-0.2, -0.15) is 0 Å². The summed E-state index contributed by atoms with van der Waals surface area (Å²) < 4.78 is 29.5. The van der Waals surface area contributed by atoms with Crippen LogP contribution in [0.4, 0.5) is 19.3 Å². The maximum Gasteiger partial charge on any atom is 0.322 e. The van der Waals surface area contributed by atoms with Crippen molar-refractivity contribution in [3.05, 3.63) is 23.8 Å². The van der Waals surface area contributed by atoms with Crippen molar-refractivity contribution >= 4 is 11.7 Å². The molecule has 0 bridgehead atoms. The second-order valence-electron chi connectivity index (χ2n) is 5.26. The van der Waals surface area contributed by atoms with E-state index in [0.717, 1.165) is 12.8 Å². The van der Waals surface area contributed by atoms with E-state index in [4.69, 9.17) is 9.84 Å². The molecule has 22 heavy (non-hydrogen) atoms. The molecule has 0 atom stereocenters. The summed E-state index contributed by atoms with van der Waals surface area (Å²) in [7, 11) is 0. The number of carbonyl (C=O) groups excluding carboxylic acids is 1. The molecule has 1 fully saturated rings. The van der Waals surface area contributed by atoms with Crippen molar-refractivity contribution in [1.29, 1.82) is 0 Å². The van der Waals surface area contributed by atoms with Gasteiger partial charge in [-0.1, -0.05) is 6.07 Å². The van der Waals surface area contributed by atoms with Crippen LogP contribution in [0.25, 0.3) is 0 Å². The molecule has 0 aromatic heterocycles. The number of amides is 2. The molecular formula is C15H20F2N2O3. The Morgan fingerprint density at radius 1 is 1.50 bits per heavy atom. The molecule has 5 nitrogen and oxygen atoms in total. The van der Waals surface area contributed by atoms with Crippen molar-refractivity contribution in [2.45, 2.75) is 32.2 Å². The van der Waals surface area contributed by atoms with E-state index in [1.807, 2.05) is 0 Å². The first kappa shape index (κ1) is 16.5. The molecule has 2 N–H and O–H groups in total. The number of rotatable bonds is 7. The van der Waals surface area contributed by atoms with Crippen LogP contribution in [0.5, 0.6) is 5.75 Å². The van der Waals surface area contributed by atoms with Crippen molar-refractivity contribution in [2.24, 2.45) is 0 Å². The Hall–Kier alpha value is -1.89. The number of nitrogens with one attached hydrogen (secondary N) is 1. The number of aliphatic hydroxyl groups is 1. The van der Waals surface area contributed by atoms with Gasteiger partial charge >= 0.3 is 6.03 Å². The summed E-state index contributed by atoms with van der Waals surface area (Å²) >= 11 is 0. The Morgan fingerprint density at radius 2 is 2.23 bits per heavy atom. The molecule has 0 heterocycles. The predicted octanol–water partition coefficient (Wildman–Crippen LogP) is 2.63. The van der Waals surface area contributed by atoms with Crippen LogP contribution >= 0.6 is 0 Å². The van der Waals surface area contributed by atoms with Crippen LogP contribution in [0.1, 0.15) is 18.4 Å². The summed E-state index contributed by atoms with van der Waals surface area (Å²) in [5.74, 6) is 0.318. The standard InChI is InChI=1S/C15H20F2N2O3/c1-10-2-3-11(8-13(10)22-9-14(16)17)18-15(21)19(6-7-20)12-4-5-12/h2-3,8,12,14,20H,4-7,9H2,1H3,(H,18,21). The molecule has 1 aliphatic carbocycles. The van der Waals surface area contributed by atoms with Crippen molar-refractivity contribution in [1.82, 2.24) is 4.90 Å². The molecule has 1 aromatic carbocycles. The highest BCUT2D eigenvalue weighted by atomic mass is 19.3. The first-order chi connectivity index (χ1) is 10.5. The normalized spacial score (nSPS) is 14.0. The minimum atomic E-state index is -2.55. The summed E-state index contributed by atoms with van der Waals surface area (Å²) in [5, 5.41) is 11.7. The molecule has 1 aliphatic rings. The smallest absolute Gasteiger partial charge is 0.322 e. The van der Waals surface area contributed by atoms with Gasteiger partial charge in [0.05, 0.1) is 6.61 Å². The third kappa shape index (κ3) is 4.56. The van der Waals surface area contributed by atoms with Gasteiger partial charge in [0.2, 0.25) is 0 Å². The van der Waals surface area contributed by atoms with E-state index in [-0.39, 0.29) is 25.2 Å². The quantitative estimate of drug-likeness (QED) is 0.813. The van der Waals surface area contributed by atoms with Gasteiger partial charge in [-0.15, -0.1) is 0 Å². The molecule has 1 aromatic rings. The summed E-state index contributed by atoms with van der Waals surface area (Å²) in [4.78, 5) is 13.8. The van der Waals surface area contributed by atoms with E-state index in [0.29, 0.717) is 17.0 Å². The minimum Gasteiger partial charge on any atom is -0.487 e. The van der Waals surface area contributed by atoms with Crippen molar-refractivity contribution in [2.75, 3.05) is 25.1 Å². The highest BCUT2D eigenvalue weighted by Crippen LogP contribution is 2.28. The lowest BCUT2D eigenvalue weighted by Gasteiger charge is -2.22. The van der Waals surface area contributed by atoms with E-state index in [1.54, 1.807) is 24.0 Å². The molecule has 0 aliphatic heterocycles. The third-order valence-corrected chi connectivity index (χ3v) is 3.39. The van der Waals surface area contributed by atoms with E-state index >= 15 is 0 Å². The molecule has 2 rings (SSSR count). The number of anilines is 1. The molecule has 0 saturated heterocycles. The summed E-state index contributed by atoms with van der Waals surface area (Å²) in [5.41, 5.74) is 1.19. The zero-order valence-corrected chi connectivity index (χ0v) is 12.4. The maximum absolute atomic E-state index is 12.2. The number of alkyl halides is 2. The Kier molecular flexibility index (Phi) is 5.54. The van der Waals surface area contributed by atoms with Gasteiger partial charge in [-0.25, -0.2) is 13.6 Å². The van der Waals surface area contributed by atoms with Gasteiger partial charge < -0.3 is 20.1 Å². The lowest BCUT2D eigenvalue weighted by atomic mass is 10.2. The van der Waals surface area contributed by atoms with Crippen molar-refractivity contribution in [3.63, 3.8) is 0 Å². The van der Waals surface area contributed by atoms with Gasteiger partial charge in [-0.05, 0) is 31.4 Å². The van der Waals surface area contributed by atoms with Gasteiger partial charge in [0.25, 0.3) is 6.43 Å². The van der Waals surface area contributed by atoms with Crippen LogP contribution in [-0.2, 0) is 0 Å². The Balaban J connectivity index is 2.02. The number of aryl methyl sites for hydroxylation is 1. The molecular weight excluding hydrogens is 294 g/mol. The lowest BCUT2D eigenvalue weighted by molar-refractivity contribution is 0.0816. The number of ether oxygens (including phenoxy) is 1. The van der Waals surface area contributed by atoms with Crippen molar-refractivity contribution < 1.29 is 23.4 Å². The first-order valence-electron chi connectivity index (χ1n) is 7.21. The number of hydrogen-bond acceptors (Lipinski definition) is 3. The zero-order chi connectivity index (χ0) is 16.1. The maximum atomic E-state index is 12.2. The highest BCUT2D eigenvalue weighted by molar-refractivity contribution is 5.90.